The average Bonchev–Trinajstić information content (AvgIpc) is 3.00. The Balaban J connectivity index is 1.70. The van der Waals surface area contributed by atoms with Crippen LogP contribution in [0.3, 0.4) is 0 Å². The smallest absolute Gasteiger partial charge is 0.315 e. The molecule has 2 N–H and O–H groups in total. The minimum absolute atomic E-state index is 0.119. The highest BCUT2D eigenvalue weighted by atomic mass is 32.1. The lowest BCUT2D eigenvalue weighted by Crippen LogP contribution is -2.38. The molecule has 0 fully saturated rings. The fourth-order valence-electron chi connectivity index (χ4n) is 2.30. The van der Waals surface area contributed by atoms with Crippen LogP contribution >= 0.6 is 11.3 Å². The van der Waals surface area contributed by atoms with Crippen molar-refractivity contribution in [3.63, 3.8) is 0 Å². The van der Waals surface area contributed by atoms with E-state index in [9.17, 15) is 4.79 Å². The number of thiophene rings is 1. The van der Waals surface area contributed by atoms with Gasteiger partial charge < -0.3 is 10.6 Å². The summed E-state index contributed by atoms with van der Waals surface area (Å²) in [6.07, 6.45) is 0. The van der Waals surface area contributed by atoms with Crippen molar-refractivity contribution >= 4 is 17.4 Å². The molecule has 0 unspecified atom stereocenters. The number of rotatable bonds is 6. The normalized spacial score (nSPS) is 12.2. The Morgan fingerprint density at radius 3 is 2.68 bits per heavy atom. The van der Waals surface area contributed by atoms with Gasteiger partial charge in [-0.1, -0.05) is 6.92 Å². The molecular weight excluding hydrogens is 296 g/mol. The molecule has 2 aromatic heterocycles. The number of hydrogen-bond acceptors (Lipinski definition) is 3. The summed E-state index contributed by atoms with van der Waals surface area (Å²) >= 11 is 1.71. The molecule has 0 saturated heterocycles. The monoisotopic (exact) mass is 320 g/mol. The number of urea groups is 1. The number of aryl methyl sites for hydroxylation is 3. The predicted molar refractivity (Wildman–Crippen MR) is 90.2 cm³/mol. The maximum Gasteiger partial charge on any atom is 0.315 e. The molecule has 0 aliphatic rings. The molecule has 0 bridgehead atoms. The molecular formula is C16H24N4OS. The summed E-state index contributed by atoms with van der Waals surface area (Å²) in [4.78, 5) is 14.2. The number of nitrogens with zero attached hydrogens (tertiary/aromatic N) is 2. The zero-order valence-corrected chi connectivity index (χ0v) is 14.5. The number of aromatic nitrogens is 2. The van der Waals surface area contributed by atoms with Gasteiger partial charge in [0.1, 0.15) is 0 Å². The fourth-order valence-corrected chi connectivity index (χ4v) is 3.13. The molecule has 2 heterocycles. The quantitative estimate of drug-likeness (QED) is 0.859. The Bertz CT molecular complexity index is 632. The van der Waals surface area contributed by atoms with Gasteiger partial charge in [-0.2, -0.15) is 5.10 Å². The van der Waals surface area contributed by atoms with Gasteiger partial charge in [0, 0.05) is 28.5 Å². The van der Waals surface area contributed by atoms with Gasteiger partial charge in [0.15, 0.2) is 0 Å². The van der Waals surface area contributed by atoms with Crippen LogP contribution in [0.1, 0.15) is 28.1 Å². The second-order valence-electron chi connectivity index (χ2n) is 5.79. The Hall–Kier alpha value is -1.82. The SMILES string of the molecule is Cc1cc(C)n(C[C@@H](C)CNC(=O)NCc2ccc(C)s2)n1. The van der Waals surface area contributed by atoms with Crippen molar-refractivity contribution < 1.29 is 4.79 Å². The molecule has 5 nitrogen and oxygen atoms in total. The van der Waals surface area contributed by atoms with E-state index in [0.29, 0.717) is 19.0 Å². The van der Waals surface area contributed by atoms with Crippen LogP contribution in [-0.4, -0.2) is 22.4 Å². The molecule has 22 heavy (non-hydrogen) atoms. The number of hydrogen-bond donors (Lipinski definition) is 2. The number of carbonyl (C=O) groups is 1. The molecule has 1 atom stereocenters. The van der Waals surface area contributed by atoms with E-state index in [4.69, 9.17) is 0 Å². The largest absolute Gasteiger partial charge is 0.338 e. The van der Waals surface area contributed by atoms with Crippen molar-refractivity contribution in [2.45, 2.75) is 40.8 Å². The van der Waals surface area contributed by atoms with E-state index in [2.05, 4.69) is 48.6 Å². The van der Waals surface area contributed by atoms with Crippen LogP contribution in [0.25, 0.3) is 0 Å². The van der Waals surface area contributed by atoms with Crippen molar-refractivity contribution in [2.24, 2.45) is 5.92 Å². The minimum atomic E-state index is -0.119. The standard InChI is InChI=1S/C16H24N4OS/c1-11(10-20-13(3)7-12(2)19-20)8-17-16(21)18-9-15-6-5-14(4)22-15/h5-7,11H,8-10H2,1-4H3,(H2,17,18,21)/t11-/m0/s1. The molecule has 2 aromatic rings. The van der Waals surface area contributed by atoms with Crippen molar-refractivity contribution in [1.82, 2.24) is 20.4 Å². The third-order valence-electron chi connectivity index (χ3n) is 3.42. The predicted octanol–water partition coefficient (Wildman–Crippen LogP) is 3.01. The zero-order valence-electron chi connectivity index (χ0n) is 13.6. The van der Waals surface area contributed by atoms with E-state index in [0.717, 1.165) is 17.9 Å². The molecule has 0 aliphatic carbocycles. The Morgan fingerprint density at radius 1 is 1.32 bits per heavy atom. The van der Waals surface area contributed by atoms with Crippen LogP contribution in [-0.2, 0) is 13.1 Å². The van der Waals surface area contributed by atoms with E-state index in [1.165, 1.54) is 9.75 Å². The molecule has 2 rings (SSSR count). The summed E-state index contributed by atoms with van der Waals surface area (Å²) in [5, 5.41) is 10.2. The lowest BCUT2D eigenvalue weighted by Gasteiger charge is -2.14. The van der Waals surface area contributed by atoms with Crippen LogP contribution in [0.5, 0.6) is 0 Å². The van der Waals surface area contributed by atoms with Gasteiger partial charge >= 0.3 is 6.03 Å². The topological polar surface area (TPSA) is 59.0 Å². The highest BCUT2D eigenvalue weighted by Gasteiger charge is 2.09. The van der Waals surface area contributed by atoms with Crippen molar-refractivity contribution in [3.05, 3.63) is 39.3 Å². The van der Waals surface area contributed by atoms with E-state index >= 15 is 0 Å². The van der Waals surface area contributed by atoms with Gasteiger partial charge in [0.05, 0.1) is 12.2 Å². The zero-order chi connectivity index (χ0) is 16.1. The van der Waals surface area contributed by atoms with Crippen LogP contribution in [0.4, 0.5) is 4.79 Å². The summed E-state index contributed by atoms with van der Waals surface area (Å²) in [6, 6.07) is 6.06. The molecule has 6 heteroatoms. The molecule has 120 valence electrons. The second-order valence-corrected chi connectivity index (χ2v) is 7.16. The summed E-state index contributed by atoms with van der Waals surface area (Å²) in [5.41, 5.74) is 2.18. The van der Waals surface area contributed by atoms with Crippen LogP contribution in [0.2, 0.25) is 0 Å². The van der Waals surface area contributed by atoms with E-state index in [1.807, 2.05) is 17.7 Å². The van der Waals surface area contributed by atoms with E-state index in [-0.39, 0.29) is 6.03 Å². The van der Waals surface area contributed by atoms with Crippen LogP contribution in [0.15, 0.2) is 18.2 Å². The first-order valence-corrected chi connectivity index (χ1v) is 8.33. The van der Waals surface area contributed by atoms with Crippen LogP contribution < -0.4 is 10.6 Å². The van der Waals surface area contributed by atoms with Gasteiger partial charge in [-0.3, -0.25) is 4.68 Å². The maximum absolute atomic E-state index is 11.8. The molecule has 2 amide bonds. The minimum Gasteiger partial charge on any atom is -0.338 e. The molecule has 0 spiro atoms. The Morgan fingerprint density at radius 2 is 2.09 bits per heavy atom. The van der Waals surface area contributed by atoms with Crippen molar-refractivity contribution in [2.75, 3.05) is 6.54 Å². The number of amides is 2. The lowest BCUT2D eigenvalue weighted by atomic mass is 10.2. The number of nitrogens with one attached hydrogen (secondary N) is 2. The molecule has 0 aromatic carbocycles. The first-order valence-electron chi connectivity index (χ1n) is 7.52. The van der Waals surface area contributed by atoms with Gasteiger partial charge in [-0.05, 0) is 44.9 Å². The first kappa shape index (κ1) is 16.5. The summed E-state index contributed by atoms with van der Waals surface area (Å²) in [5.74, 6) is 0.327. The average molecular weight is 320 g/mol. The Labute approximate surface area is 135 Å². The van der Waals surface area contributed by atoms with Crippen molar-refractivity contribution in [3.8, 4) is 0 Å². The third kappa shape index (κ3) is 4.87. The fraction of sp³-hybridized carbons (Fsp3) is 0.500. The molecule has 0 saturated carbocycles. The van der Waals surface area contributed by atoms with Crippen LogP contribution in [0, 0.1) is 26.7 Å². The second kappa shape index (κ2) is 7.45. The van der Waals surface area contributed by atoms with Gasteiger partial charge in [-0.25, -0.2) is 4.79 Å². The van der Waals surface area contributed by atoms with Gasteiger partial charge in [-0.15, -0.1) is 11.3 Å². The van der Waals surface area contributed by atoms with Gasteiger partial charge in [0.2, 0.25) is 0 Å². The molecule has 0 aliphatic heterocycles. The van der Waals surface area contributed by atoms with Crippen molar-refractivity contribution in [1.29, 1.82) is 0 Å². The highest BCUT2D eigenvalue weighted by molar-refractivity contribution is 7.11. The Kier molecular flexibility index (Phi) is 5.60. The summed E-state index contributed by atoms with van der Waals surface area (Å²) in [7, 11) is 0. The highest BCUT2D eigenvalue weighted by Crippen LogP contribution is 2.14. The molecule has 0 radical (unpaired) electrons. The van der Waals surface area contributed by atoms with E-state index < -0.39 is 0 Å². The third-order valence-corrected chi connectivity index (χ3v) is 4.42. The number of carbonyl (C=O) groups excluding carboxylic acids is 1. The summed E-state index contributed by atoms with van der Waals surface area (Å²) < 4.78 is 1.99. The van der Waals surface area contributed by atoms with Gasteiger partial charge in [0.25, 0.3) is 0 Å². The summed E-state index contributed by atoms with van der Waals surface area (Å²) in [6.45, 7) is 10.2. The van der Waals surface area contributed by atoms with E-state index in [1.54, 1.807) is 11.3 Å². The lowest BCUT2D eigenvalue weighted by molar-refractivity contribution is 0.238. The first-order chi connectivity index (χ1) is 10.4. The maximum atomic E-state index is 11.8.